The number of phenols is 1. The average Bonchev–Trinajstić information content (AvgIpc) is 2.65. The summed E-state index contributed by atoms with van der Waals surface area (Å²) in [4.78, 5) is 12.1. The molecule has 0 saturated heterocycles. The molecule has 1 aliphatic rings. The molecule has 0 atom stereocenters. The number of anilines is 1. The predicted molar refractivity (Wildman–Crippen MR) is 127 cm³/mol. The number of nitrogens with one attached hydrogen (secondary N) is 1. The number of phenolic OH excluding ortho intramolecular Hbond substituents is 1. The molecule has 0 fully saturated rings. The molecule has 3 nitrogen and oxygen atoms in total. The van der Waals surface area contributed by atoms with Crippen molar-refractivity contribution in [3.05, 3.63) is 83.0 Å². The highest BCUT2D eigenvalue weighted by atomic mass is 16.3. The van der Waals surface area contributed by atoms with E-state index in [1.54, 1.807) is 41.5 Å². The number of rotatable bonds is 7. The smallest absolute Gasteiger partial charge is 0.248 e. The van der Waals surface area contributed by atoms with E-state index in [0.29, 0.717) is 11.1 Å². The molecule has 0 spiro atoms. The van der Waals surface area contributed by atoms with Gasteiger partial charge in [0.05, 0.1) is 0 Å². The molecule has 1 aromatic carbocycles. The van der Waals surface area contributed by atoms with E-state index in [-0.39, 0.29) is 11.7 Å². The highest BCUT2D eigenvalue weighted by molar-refractivity contribution is 5.99. The summed E-state index contributed by atoms with van der Waals surface area (Å²) in [5, 5.41) is 12.1. The summed E-state index contributed by atoms with van der Waals surface area (Å²) in [6.45, 7) is 11.0. The zero-order valence-electron chi connectivity index (χ0n) is 19.0. The molecule has 2 rings (SSSR count). The first-order chi connectivity index (χ1) is 14.2. The molecule has 30 heavy (non-hydrogen) atoms. The first-order valence-corrected chi connectivity index (χ1v) is 10.7. The molecule has 1 amide bonds. The average molecular weight is 406 g/mol. The Bertz CT molecular complexity index is 893. The molecule has 0 aromatic heterocycles. The lowest BCUT2D eigenvalue weighted by Crippen LogP contribution is -2.19. The van der Waals surface area contributed by atoms with Gasteiger partial charge in [-0.15, -0.1) is 0 Å². The second-order valence-electron chi connectivity index (χ2n) is 8.80. The van der Waals surface area contributed by atoms with E-state index in [2.05, 4.69) is 51.2 Å². The molecule has 0 bridgehead atoms. The van der Waals surface area contributed by atoms with Gasteiger partial charge in [-0.05, 0) is 81.7 Å². The zero-order valence-corrected chi connectivity index (χ0v) is 19.0. The minimum absolute atomic E-state index is 0.174. The van der Waals surface area contributed by atoms with E-state index in [1.165, 1.54) is 24.8 Å². The number of benzene rings is 1. The van der Waals surface area contributed by atoms with Gasteiger partial charge in [0, 0.05) is 11.8 Å². The minimum Gasteiger partial charge on any atom is -0.508 e. The second-order valence-corrected chi connectivity index (χ2v) is 8.80. The quantitative estimate of drug-likeness (QED) is 0.217. The minimum atomic E-state index is -0.192. The van der Waals surface area contributed by atoms with Crippen LogP contribution in [0.2, 0.25) is 0 Å². The van der Waals surface area contributed by atoms with Crippen LogP contribution in [0.1, 0.15) is 60.3 Å². The van der Waals surface area contributed by atoms with Crippen molar-refractivity contribution in [1.29, 1.82) is 0 Å². The van der Waals surface area contributed by atoms with E-state index in [1.807, 2.05) is 19.1 Å². The van der Waals surface area contributed by atoms with Crippen LogP contribution in [0.25, 0.3) is 0 Å². The first kappa shape index (κ1) is 23.5. The first-order valence-electron chi connectivity index (χ1n) is 10.7. The second kappa shape index (κ2) is 10.8. The Morgan fingerprint density at radius 2 is 1.83 bits per heavy atom. The van der Waals surface area contributed by atoms with Gasteiger partial charge in [-0.2, -0.15) is 0 Å². The van der Waals surface area contributed by atoms with Crippen molar-refractivity contribution < 1.29 is 9.90 Å². The fraction of sp³-hybridized carbons (Fsp3) is 0.370. The molecule has 0 saturated carbocycles. The molecular formula is C27H35NO2. The molecular weight excluding hydrogens is 370 g/mol. The Kier molecular flexibility index (Phi) is 8.46. The fourth-order valence-electron chi connectivity index (χ4n) is 3.87. The summed E-state index contributed by atoms with van der Waals surface area (Å²) < 4.78 is 0. The highest BCUT2D eigenvalue weighted by Gasteiger charge is 2.27. The summed E-state index contributed by atoms with van der Waals surface area (Å²) in [5.41, 5.74) is 6.16. The standard InChI is InChI=1S/C27H35NO2/c1-20(10-7-13-25-22(3)12-8-18-27(25,4)5)9-6-11-21(2)19-26(30)28-23-14-16-24(29)17-15-23/h6-7,9-11,14-17,19,29H,8,12-13,18H2,1-5H3,(H,28,30)/b10-7+,11-6+,20-9+,21-19+. The Balaban J connectivity index is 1.89. The lowest BCUT2D eigenvalue weighted by molar-refractivity contribution is -0.111. The number of hydrogen-bond donors (Lipinski definition) is 2. The van der Waals surface area contributed by atoms with Crippen LogP contribution in [0.5, 0.6) is 5.75 Å². The third kappa shape index (κ3) is 7.55. The van der Waals surface area contributed by atoms with Crippen LogP contribution >= 0.6 is 0 Å². The van der Waals surface area contributed by atoms with Gasteiger partial charge in [0.1, 0.15) is 5.75 Å². The van der Waals surface area contributed by atoms with Gasteiger partial charge in [0.25, 0.3) is 0 Å². The molecule has 0 aliphatic heterocycles. The Morgan fingerprint density at radius 1 is 1.13 bits per heavy atom. The lowest BCUT2D eigenvalue weighted by Gasteiger charge is -2.34. The van der Waals surface area contributed by atoms with Crippen LogP contribution in [-0.2, 0) is 4.79 Å². The van der Waals surface area contributed by atoms with Crippen LogP contribution in [0, 0.1) is 5.41 Å². The summed E-state index contributed by atoms with van der Waals surface area (Å²) in [5.74, 6) is -0.0182. The third-order valence-electron chi connectivity index (χ3n) is 5.60. The van der Waals surface area contributed by atoms with Gasteiger partial charge in [-0.1, -0.05) is 60.9 Å². The van der Waals surface area contributed by atoms with Crippen molar-refractivity contribution in [3.8, 4) is 5.75 Å². The predicted octanol–water partition coefficient (Wildman–Crippen LogP) is 7.25. The maximum atomic E-state index is 12.1. The van der Waals surface area contributed by atoms with Gasteiger partial charge in [-0.3, -0.25) is 4.79 Å². The maximum Gasteiger partial charge on any atom is 0.248 e. The maximum absolute atomic E-state index is 12.1. The van der Waals surface area contributed by atoms with E-state index in [9.17, 15) is 9.90 Å². The summed E-state index contributed by atoms with van der Waals surface area (Å²) >= 11 is 0. The molecule has 0 radical (unpaired) electrons. The van der Waals surface area contributed by atoms with Gasteiger partial charge in [0.15, 0.2) is 0 Å². The van der Waals surface area contributed by atoms with Gasteiger partial charge < -0.3 is 10.4 Å². The van der Waals surface area contributed by atoms with Crippen molar-refractivity contribution in [2.24, 2.45) is 5.41 Å². The number of amides is 1. The van der Waals surface area contributed by atoms with Gasteiger partial charge in [0.2, 0.25) is 5.91 Å². The van der Waals surface area contributed by atoms with Gasteiger partial charge >= 0.3 is 0 Å². The highest BCUT2D eigenvalue weighted by Crippen LogP contribution is 2.41. The van der Waals surface area contributed by atoms with E-state index >= 15 is 0 Å². The fourth-order valence-corrected chi connectivity index (χ4v) is 3.87. The Hall–Kier alpha value is -2.81. The normalized spacial score (nSPS) is 17.8. The Morgan fingerprint density at radius 3 is 2.50 bits per heavy atom. The number of aromatic hydroxyl groups is 1. The van der Waals surface area contributed by atoms with Crippen LogP contribution in [0.15, 0.2) is 83.0 Å². The van der Waals surface area contributed by atoms with Crippen LogP contribution < -0.4 is 5.32 Å². The van der Waals surface area contributed by atoms with E-state index in [4.69, 9.17) is 0 Å². The zero-order chi connectivity index (χ0) is 22.1. The summed E-state index contributed by atoms with van der Waals surface area (Å²) in [7, 11) is 0. The van der Waals surface area contributed by atoms with Crippen LogP contribution in [0.3, 0.4) is 0 Å². The largest absolute Gasteiger partial charge is 0.508 e. The number of carbonyl (C=O) groups is 1. The topological polar surface area (TPSA) is 49.3 Å². The molecule has 0 unspecified atom stereocenters. The molecule has 160 valence electrons. The van der Waals surface area contributed by atoms with Crippen molar-refractivity contribution in [2.45, 2.75) is 60.3 Å². The van der Waals surface area contributed by atoms with Crippen molar-refractivity contribution in [2.75, 3.05) is 5.32 Å². The molecule has 0 heterocycles. The van der Waals surface area contributed by atoms with Crippen molar-refractivity contribution in [1.82, 2.24) is 0 Å². The number of carbonyl (C=O) groups excluding carboxylic acids is 1. The Labute approximate surface area is 181 Å². The lowest BCUT2D eigenvalue weighted by atomic mass is 9.71. The molecule has 1 aliphatic carbocycles. The van der Waals surface area contributed by atoms with E-state index < -0.39 is 0 Å². The van der Waals surface area contributed by atoms with Crippen molar-refractivity contribution in [3.63, 3.8) is 0 Å². The SMILES string of the molecule is CC1=C(C/C=C/C(C)=C/C=C/C(C)=C/C(=O)Nc2ccc(O)cc2)C(C)(C)CCC1. The number of hydrogen-bond acceptors (Lipinski definition) is 2. The number of allylic oxidation sites excluding steroid dienone is 9. The molecule has 2 N–H and O–H groups in total. The van der Waals surface area contributed by atoms with Crippen LogP contribution in [0.4, 0.5) is 5.69 Å². The van der Waals surface area contributed by atoms with Crippen molar-refractivity contribution >= 4 is 11.6 Å². The summed E-state index contributed by atoms with van der Waals surface area (Å²) in [6, 6.07) is 6.41. The molecule has 1 aromatic rings. The van der Waals surface area contributed by atoms with E-state index in [0.717, 1.165) is 12.0 Å². The third-order valence-corrected chi connectivity index (χ3v) is 5.60. The molecule has 3 heteroatoms. The van der Waals surface area contributed by atoms with Gasteiger partial charge in [-0.25, -0.2) is 0 Å². The van der Waals surface area contributed by atoms with Crippen LogP contribution in [-0.4, -0.2) is 11.0 Å². The summed E-state index contributed by atoms with van der Waals surface area (Å²) in [6.07, 6.45) is 16.8. The monoisotopic (exact) mass is 405 g/mol.